The number of carbonyl (C=O) groups excluding carboxylic acids is 3. The molecule has 4 rings (SSSR count). The molecular formula is C25H25ClN3NaO6. The number of carbonyl (C=O) groups is 3. The average molecular weight is 522 g/mol. The normalized spacial score (nSPS) is 18.4. The number of nitrogens with one attached hydrogen (secondary N) is 3. The summed E-state index contributed by atoms with van der Waals surface area (Å²) in [6.45, 7) is -0.245. The number of benzene rings is 2. The second kappa shape index (κ2) is 12.2. The van der Waals surface area contributed by atoms with Crippen molar-refractivity contribution in [3.05, 3.63) is 70.4 Å². The predicted molar refractivity (Wildman–Crippen MR) is 127 cm³/mol. The molecule has 9 nitrogen and oxygen atoms in total. The largest absolute Gasteiger partial charge is 1.00 e. The van der Waals surface area contributed by atoms with E-state index in [1.54, 1.807) is 24.3 Å². The van der Waals surface area contributed by atoms with Gasteiger partial charge in [-0.05, 0) is 48.2 Å². The van der Waals surface area contributed by atoms with E-state index in [2.05, 4.69) is 15.6 Å². The van der Waals surface area contributed by atoms with Crippen molar-refractivity contribution in [2.75, 3.05) is 6.54 Å². The van der Waals surface area contributed by atoms with Gasteiger partial charge in [0, 0.05) is 34.9 Å². The van der Waals surface area contributed by atoms with Crippen molar-refractivity contribution < 1.29 is 59.3 Å². The van der Waals surface area contributed by atoms with Crippen LogP contribution >= 0.6 is 11.6 Å². The van der Waals surface area contributed by atoms with Crippen LogP contribution in [0.25, 0.3) is 10.9 Å². The smallest absolute Gasteiger partial charge is 0.547 e. The number of aromatic amines is 1. The minimum atomic E-state index is -1.83. The standard InChI is InChI=1S/C25H26ClN3O6.Na/c26-16-5-6-19-15(7-16)10-21(28-19)24(33)29-20-9-14-4-2-1-3-13(14)8-18(20)23(32)27-12-17(30)11-22(31)25(34)35;/h1-7,10,17-18,20,22,28,30-31H,8-9,11-12H2,(H,27,32)(H,29,33)(H,34,35);/q;+1/p-1/t17-,18+,20?,22+;/m0./s1. The maximum atomic E-state index is 13.1. The molecule has 1 unspecified atom stereocenters. The van der Waals surface area contributed by atoms with E-state index in [0.29, 0.717) is 23.6 Å². The van der Waals surface area contributed by atoms with Gasteiger partial charge in [0.25, 0.3) is 5.91 Å². The molecule has 184 valence electrons. The van der Waals surface area contributed by atoms with Gasteiger partial charge in [-0.1, -0.05) is 35.9 Å². The zero-order chi connectivity index (χ0) is 25.1. The van der Waals surface area contributed by atoms with E-state index in [0.717, 1.165) is 22.0 Å². The third kappa shape index (κ3) is 6.67. The van der Waals surface area contributed by atoms with Gasteiger partial charge in [-0.3, -0.25) is 9.59 Å². The summed E-state index contributed by atoms with van der Waals surface area (Å²) in [6.07, 6.45) is -2.75. The van der Waals surface area contributed by atoms with Crippen LogP contribution < -0.4 is 45.3 Å². The SMILES string of the molecule is O=C(NC1Cc2ccccc2C[C@H]1C(=O)NC[C@@H](O)C[C@@H](O)C(=O)[O-])c1cc2cc(Cl)ccc2[nH]1.[Na+]. The number of halogens is 1. The number of carboxylic acid groups (broad SMARTS) is 1. The molecule has 1 aliphatic rings. The number of fused-ring (bicyclic) bond motifs is 2. The Bertz CT molecular complexity index is 1270. The number of amides is 2. The Kier molecular flexibility index (Phi) is 9.57. The third-order valence-corrected chi connectivity index (χ3v) is 6.48. The average Bonchev–Trinajstić information content (AvgIpc) is 3.25. The maximum absolute atomic E-state index is 13.1. The van der Waals surface area contributed by atoms with Gasteiger partial charge in [-0.15, -0.1) is 0 Å². The van der Waals surface area contributed by atoms with Gasteiger partial charge in [0.05, 0.1) is 24.1 Å². The first-order valence-corrected chi connectivity index (χ1v) is 11.6. The summed E-state index contributed by atoms with van der Waals surface area (Å²) in [5.41, 5.74) is 3.12. The number of aliphatic carboxylic acids is 1. The molecule has 5 N–H and O–H groups in total. The molecular weight excluding hydrogens is 497 g/mol. The Morgan fingerprint density at radius 2 is 1.78 bits per heavy atom. The van der Waals surface area contributed by atoms with Gasteiger partial charge in [0.15, 0.2) is 0 Å². The fourth-order valence-corrected chi connectivity index (χ4v) is 4.58. The van der Waals surface area contributed by atoms with Gasteiger partial charge < -0.3 is 35.7 Å². The molecule has 4 atom stereocenters. The first-order valence-electron chi connectivity index (χ1n) is 11.2. The second-order valence-electron chi connectivity index (χ2n) is 8.75. The zero-order valence-electron chi connectivity index (χ0n) is 19.7. The Labute approximate surface area is 234 Å². The first-order chi connectivity index (χ1) is 16.7. The molecule has 0 saturated carbocycles. The monoisotopic (exact) mass is 521 g/mol. The van der Waals surface area contributed by atoms with E-state index in [-0.39, 0.29) is 42.0 Å². The molecule has 36 heavy (non-hydrogen) atoms. The van der Waals surface area contributed by atoms with Crippen molar-refractivity contribution in [3.8, 4) is 0 Å². The third-order valence-electron chi connectivity index (χ3n) is 6.24. The Morgan fingerprint density at radius 1 is 1.08 bits per heavy atom. The summed E-state index contributed by atoms with van der Waals surface area (Å²) >= 11 is 6.04. The van der Waals surface area contributed by atoms with E-state index < -0.39 is 42.5 Å². The number of hydrogen-bond donors (Lipinski definition) is 5. The molecule has 0 saturated heterocycles. The molecule has 1 aromatic heterocycles. The molecule has 0 spiro atoms. The molecule has 0 radical (unpaired) electrons. The fraction of sp³-hybridized carbons (Fsp3) is 0.320. The summed E-state index contributed by atoms with van der Waals surface area (Å²) in [7, 11) is 0. The van der Waals surface area contributed by atoms with Crippen LogP contribution in [0, 0.1) is 5.92 Å². The number of carboxylic acids is 1. The van der Waals surface area contributed by atoms with Crippen molar-refractivity contribution >= 4 is 40.3 Å². The Balaban J connectivity index is 0.00000361. The van der Waals surface area contributed by atoms with Gasteiger partial charge in [0.1, 0.15) is 5.69 Å². The summed E-state index contributed by atoms with van der Waals surface area (Å²) in [4.78, 5) is 39.8. The van der Waals surface area contributed by atoms with E-state index in [1.807, 2.05) is 24.3 Å². The van der Waals surface area contributed by atoms with Crippen molar-refractivity contribution in [1.29, 1.82) is 0 Å². The first kappa shape index (κ1) is 28.2. The van der Waals surface area contributed by atoms with Gasteiger partial charge >= 0.3 is 29.6 Å². The van der Waals surface area contributed by atoms with Crippen LogP contribution in [0.4, 0.5) is 0 Å². The molecule has 3 aromatic rings. The van der Waals surface area contributed by atoms with Gasteiger partial charge in [-0.25, -0.2) is 0 Å². The minimum absolute atomic E-state index is 0. The van der Waals surface area contributed by atoms with Crippen LogP contribution in [0.2, 0.25) is 5.02 Å². The van der Waals surface area contributed by atoms with Crippen molar-refractivity contribution in [3.63, 3.8) is 0 Å². The van der Waals surface area contributed by atoms with Crippen LogP contribution in [0.3, 0.4) is 0 Å². The summed E-state index contributed by atoms with van der Waals surface area (Å²) < 4.78 is 0. The molecule has 1 heterocycles. The molecule has 0 fully saturated rings. The van der Waals surface area contributed by atoms with Gasteiger partial charge in [0.2, 0.25) is 5.91 Å². The van der Waals surface area contributed by atoms with E-state index in [9.17, 15) is 29.7 Å². The van der Waals surface area contributed by atoms with Crippen LogP contribution in [0.1, 0.15) is 28.0 Å². The molecule has 2 amide bonds. The van der Waals surface area contributed by atoms with E-state index >= 15 is 0 Å². The quantitative estimate of drug-likeness (QED) is 0.203. The molecule has 11 heteroatoms. The van der Waals surface area contributed by atoms with E-state index in [4.69, 9.17) is 11.6 Å². The Hall–Kier alpha value is -2.40. The molecule has 1 aliphatic carbocycles. The van der Waals surface area contributed by atoms with Crippen LogP contribution in [0.15, 0.2) is 48.5 Å². The Morgan fingerprint density at radius 3 is 2.47 bits per heavy atom. The fourth-order valence-electron chi connectivity index (χ4n) is 4.40. The summed E-state index contributed by atoms with van der Waals surface area (Å²) in [5, 5.41) is 36.9. The number of aliphatic hydroxyl groups excluding tert-OH is 2. The van der Waals surface area contributed by atoms with Crippen molar-refractivity contribution in [2.45, 2.75) is 37.5 Å². The van der Waals surface area contributed by atoms with Crippen molar-refractivity contribution in [2.24, 2.45) is 5.92 Å². The second-order valence-corrected chi connectivity index (χ2v) is 9.18. The minimum Gasteiger partial charge on any atom is -0.547 e. The molecule has 0 aliphatic heterocycles. The number of aliphatic hydroxyl groups is 2. The van der Waals surface area contributed by atoms with Crippen LogP contribution in [-0.4, -0.2) is 57.8 Å². The topological polar surface area (TPSA) is 155 Å². The zero-order valence-corrected chi connectivity index (χ0v) is 22.4. The van der Waals surface area contributed by atoms with Gasteiger partial charge in [-0.2, -0.15) is 0 Å². The predicted octanol–water partition coefficient (Wildman–Crippen LogP) is -2.68. The number of rotatable bonds is 8. The molecule has 2 aromatic carbocycles. The number of H-pyrrole nitrogens is 1. The summed E-state index contributed by atoms with van der Waals surface area (Å²) in [5.74, 6) is -3.07. The number of aromatic nitrogens is 1. The maximum Gasteiger partial charge on any atom is 1.00 e. The van der Waals surface area contributed by atoms with Crippen molar-refractivity contribution in [1.82, 2.24) is 15.6 Å². The van der Waals surface area contributed by atoms with Crippen LogP contribution in [-0.2, 0) is 22.4 Å². The number of hydrogen-bond acceptors (Lipinski definition) is 6. The summed E-state index contributed by atoms with van der Waals surface area (Å²) in [6, 6.07) is 14.1. The van der Waals surface area contributed by atoms with Crippen LogP contribution in [0.5, 0.6) is 0 Å². The van der Waals surface area contributed by atoms with E-state index in [1.165, 1.54) is 0 Å². The molecule has 0 bridgehead atoms.